The number of benzene rings is 1. The normalized spacial score (nSPS) is 12.4. The summed E-state index contributed by atoms with van der Waals surface area (Å²) in [5.41, 5.74) is 0.261. The van der Waals surface area contributed by atoms with Gasteiger partial charge in [0.25, 0.3) is 0 Å². The predicted octanol–water partition coefficient (Wildman–Crippen LogP) is 3.86. The second-order valence-electron chi connectivity index (χ2n) is 4.25. The van der Waals surface area contributed by atoms with Gasteiger partial charge in [-0.05, 0) is 41.4 Å². The molecule has 0 spiro atoms. The van der Waals surface area contributed by atoms with Crippen molar-refractivity contribution in [2.24, 2.45) is 0 Å². The van der Waals surface area contributed by atoms with Gasteiger partial charge in [0, 0.05) is 5.56 Å². The van der Waals surface area contributed by atoms with Gasteiger partial charge in [0.2, 0.25) is 11.7 Å². The Bertz CT molecular complexity index is 658. The van der Waals surface area contributed by atoms with Gasteiger partial charge in [-0.1, -0.05) is 12.1 Å². The molecule has 0 amide bonds. The third-order valence-electron chi connectivity index (χ3n) is 2.91. The number of rotatable bonds is 4. The number of hydrogen-bond donors (Lipinski definition) is 0. The summed E-state index contributed by atoms with van der Waals surface area (Å²) >= 11 is 2.96. The molecule has 0 aliphatic rings. The maximum atomic E-state index is 13.5. The van der Waals surface area contributed by atoms with Gasteiger partial charge in [-0.25, -0.2) is 8.78 Å². The summed E-state index contributed by atoms with van der Waals surface area (Å²) in [4.78, 5) is 15.5. The van der Waals surface area contributed by atoms with Crippen LogP contribution in [0.1, 0.15) is 32.1 Å². The summed E-state index contributed by atoms with van der Waals surface area (Å²) in [6, 6.07) is 2.32. The lowest BCUT2D eigenvalue weighted by Crippen LogP contribution is -2.07. The minimum absolute atomic E-state index is 0.0827. The fourth-order valence-electron chi connectivity index (χ4n) is 1.82. The highest BCUT2D eigenvalue weighted by Gasteiger charge is 2.23. The lowest BCUT2D eigenvalue weighted by Gasteiger charge is -2.04. The van der Waals surface area contributed by atoms with E-state index in [-0.39, 0.29) is 27.5 Å². The fourth-order valence-corrected chi connectivity index (χ4v) is 2.32. The molecule has 106 valence electrons. The molecule has 20 heavy (non-hydrogen) atoms. The van der Waals surface area contributed by atoms with Gasteiger partial charge < -0.3 is 4.52 Å². The molecule has 0 saturated carbocycles. The van der Waals surface area contributed by atoms with E-state index < -0.39 is 17.6 Å². The molecule has 2 aromatic rings. The van der Waals surface area contributed by atoms with Crippen molar-refractivity contribution in [1.82, 2.24) is 10.1 Å². The number of carbonyl (C=O) groups excluding carboxylic acids is 1. The van der Waals surface area contributed by atoms with E-state index in [0.29, 0.717) is 6.42 Å². The molecule has 0 bridgehead atoms. The SMILES string of the molecule is CCC(C(C)=O)c1nc(-c2ccc(F)c(F)c2Br)no1. The van der Waals surface area contributed by atoms with Crippen molar-refractivity contribution in [3.8, 4) is 11.4 Å². The molecule has 0 saturated heterocycles. The van der Waals surface area contributed by atoms with Gasteiger partial charge >= 0.3 is 0 Å². The molecule has 0 fully saturated rings. The van der Waals surface area contributed by atoms with Crippen LogP contribution in [0.2, 0.25) is 0 Å². The van der Waals surface area contributed by atoms with Crippen LogP contribution in [-0.2, 0) is 4.79 Å². The van der Waals surface area contributed by atoms with Crippen LogP contribution >= 0.6 is 15.9 Å². The molecule has 1 aromatic carbocycles. The Morgan fingerprint density at radius 1 is 1.45 bits per heavy atom. The molecule has 0 aliphatic carbocycles. The monoisotopic (exact) mass is 344 g/mol. The van der Waals surface area contributed by atoms with Crippen molar-refractivity contribution in [3.05, 3.63) is 34.1 Å². The molecule has 1 unspecified atom stereocenters. The molecule has 1 aromatic heterocycles. The van der Waals surface area contributed by atoms with Crippen LogP contribution < -0.4 is 0 Å². The van der Waals surface area contributed by atoms with Crippen LogP contribution in [0.5, 0.6) is 0 Å². The highest BCUT2D eigenvalue weighted by molar-refractivity contribution is 9.10. The molecule has 0 radical (unpaired) electrons. The molecule has 0 aliphatic heterocycles. The van der Waals surface area contributed by atoms with E-state index in [2.05, 4.69) is 26.1 Å². The number of halogens is 3. The zero-order chi connectivity index (χ0) is 14.9. The first-order valence-corrected chi connectivity index (χ1v) is 6.72. The molecule has 4 nitrogen and oxygen atoms in total. The third kappa shape index (κ3) is 2.63. The Balaban J connectivity index is 2.43. The van der Waals surface area contributed by atoms with Gasteiger partial charge in [-0.15, -0.1) is 0 Å². The maximum Gasteiger partial charge on any atom is 0.237 e. The second kappa shape index (κ2) is 5.78. The van der Waals surface area contributed by atoms with E-state index in [4.69, 9.17) is 4.52 Å². The molecular formula is C13H11BrF2N2O2. The van der Waals surface area contributed by atoms with E-state index >= 15 is 0 Å². The van der Waals surface area contributed by atoms with Crippen LogP contribution in [0.4, 0.5) is 8.78 Å². The van der Waals surface area contributed by atoms with Crippen LogP contribution in [0.25, 0.3) is 11.4 Å². The van der Waals surface area contributed by atoms with Crippen LogP contribution in [0.15, 0.2) is 21.1 Å². The molecule has 1 atom stereocenters. The van der Waals surface area contributed by atoms with Gasteiger partial charge in [-0.2, -0.15) is 4.98 Å². The lowest BCUT2D eigenvalue weighted by atomic mass is 10.0. The maximum absolute atomic E-state index is 13.5. The summed E-state index contributed by atoms with van der Waals surface area (Å²) in [5, 5.41) is 3.71. The Labute approximate surface area is 122 Å². The van der Waals surface area contributed by atoms with Gasteiger partial charge in [0.05, 0.1) is 10.4 Å². The smallest absolute Gasteiger partial charge is 0.237 e. The molecule has 1 heterocycles. The highest BCUT2D eigenvalue weighted by Crippen LogP contribution is 2.31. The number of Topliss-reactive ketones (excluding diaryl/α,β-unsaturated/α-hetero) is 1. The molecule has 2 rings (SSSR count). The quantitative estimate of drug-likeness (QED) is 0.790. The van der Waals surface area contributed by atoms with Crippen molar-refractivity contribution in [2.45, 2.75) is 26.2 Å². The minimum atomic E-state index is -1.02. The number of aromatic nitrogens is 2. The average Bonchev–Trinajstić information content (AvgIpc) is 2.86. The molecule has 0 N–H and O–H groups in total. The predicted molar refractivity (Wildman–Crippen MR) is 71.1 cm³/mol. The zero-order valence-corrected chi connectivity index (χ0v) is 12.4. The van der Waals surface area contributed by atoms with Crippen LogP contribution in [0.3, 0.4) is 0 Å². The largest absolute Gasteiger partial charge is 0.338 e. The minimum Gasteiger partial charge on any atom is -0.338 e. The van der Waals surface area contributed by atoms with E-state index in [0.717, 1.165) is 6.07 Å². The summed E-state index contributed by atoms with van der Waals surface area (Å²) in [6.45, 7) is 3.26. The summed E-state index contributed by atoms with van der Waals surface area (Å²) in [6.07, 6.45) is 0.524. The van der Waals surface area contributed by atoms with E-state index in [1.165, 1.54) is 13.0 Å². The second-order valence-corrected chi connectivity index (χ2v) is 5.04. The first-order valence-electron chi connectivity index (χ1n) is 5.93. The third-order valence-corrected chi connectivity index (χ3v) is 3.69. The Kier molecular flexibility index (Phi) is 4.27. The molecule has 7 heteroatoms. The number of carbonyl (C=O) groups is 1. The van der Waals surface area contributed by atoms with Gasteiger partial charge in [0.1, 0.15) is 5.78 Å². The average molecular weight is 345 g/mol. The first kappa shape index (κ1) is 14.8. The van der Waals surface area contributed by atoms with Crippen molar-refractivity contribution in [3.63, 3.8) is 0 Å². The van der Waals surface area contributed by atoms with Gasteiger partial charge in [-0.3, -0.25) is 4.79 Å². The number of ketones is 1. The zero-order valence-electron chi connectivity index (χ0n) is 10.8. The van der Waals surface area contributed by atoms with Crippen LogP contribution in [0, 0.1) is 11.6 Å². The number of hydrogen-bond acceptors (Lipinski definition) is 4. The van der Waals surface area contributed by atoms with Crippen molar-refractivity contribution < 1.29 is 18.1 Å². The van der Waals surface area contributed by atoms with E-state index in [1.54, 1.807) is 0 Å². The fraction of sp³-hybridized carbons (Fsp3) is 0.308. The highest BCUT2D eigenvalue weighted by atomic mass is 79.9. The van der Waals surface area contributed by atoms with Crippen molar-refractivity contribution in [2.75, 3.05) is 0 Å². The lowest BCUT2D eigenvalue weighted by molar-refractivity contribution is -0.119. The Morgan fingerprint density at radius 2 is 2.15 bits per heavy atom. The van der Waals surface area contributed by atoms with Crippen molar-refractivity contribution in [1.29, 1.82) is 0 Å². The van der Waals surface area contributed by atoms with E-state index in [1.807, 2.05) is 6.92 Å². The summed E-state index contributed by atoms with van der Waals surface area (Å²) in [7, 11) is 0. The topological polar surface area (TPSA) is 56.0 Å². The van der Waals surface area contributed by atoms with Gasteiger partial charge in [0.15, 0.2) is 11.6 Å². The summed E-state index contributed by atoms with van der Waals surface area (Å²) < 4.78 is 31.5. The summed E-state index contributed by atoms with van der Waals surface area (Å²) in [5.74, 6) is -2.29. The van der Waals surface area contributed by atoms with Crippen molar-refractivity contribution >= 4 is 21.7 Å². The Hall–Kier alpha value is -1.63. The van der Waals surface area contributed by atoms with Crippen LogP contribution in [-0.4, -0.2) is 15.9 Å². The van der Waals surface area contributed by atoms with E-state index in [9.17, 15) is 13.6 Å². The first-order chi connectivity index (χ1) is 9.45. The Morgan fingerprint density at radius 3 is 2.75 bits per heavy atom. The molecular weight excluding hydrogens is 334 g/mol. The number of nitrogens with zero attached hydrogens (tertiary/aromatic N) is 2. The standard InChI is InChI=1S/C13H11BrF2N2O2/c1-3-7(6(2)19)13-17-12(18-20-13)8-4-5-9(15)11(16)10(8)14/h4-5,7H,3H2,1-2H3.